The summed E-state index contributed by atoms with van der Waals surface area (Å²) in [7, 11) is -3.13. The molecule has 1 atom stereocenters. The van der Waals surface area contributed by atoms with Gasteiger partial charge in [0.25, 0.3) is 0 Å². The summed E-state index contributed by atoms with van der Waals surface area (Å²) in [5.41, 5.74) is 0.654. The molecule has 0 saturated carbocycles. The van der Waals surface area contributed by atoms with E-state index in [2.05, 4.69) is 10.0 Å². The van der Waals surface area contributed by atoms with Gasteiger partial charge in [-0.3, -0.25) is 0 Å². The maximum atomic E-state index is 13.6. The van der Waals surface area contributed by atoms with Gasteiger partial charge in [0.15, 0.2) is 0 Å². The number of rotatable bonds is 8. The Morgan fingerprint density at radius 2 is 1.95 bits per heavy atom. The lowest BCUT2D eigenvalue weighted by Gasteiger charge is -2.18. The summed E-state index contributed by atoms with van der Waals surface area (Å²) in [5.74, 6) is -0.212. The molecule has 19 heavy (non-hydrogen) atoms. The van der Waals surface area contributed by atoms with Gasteiger partial charge in [0.2, 0.25) is 10.0 Å². The molecular formula is C13H21FN2O2S. The highest BCUT2D eigenvalue weighted by molar-refractivity contribution is 7.88. The summed E-state index contributed by atoms with van der Waals surface area (Å²) in [5, 5.41) is 3.24. The zero-order valence-corrected chi connectivity index (χ0v) is 12.1. The summed E-state index contributed by atoms with van der Waals surface area (Å²) >= 11 is 0. The van der Waals surface area contributed by atoms with Crippen molar-refractivity contribution in [1.82, 2.24) is 10.0 Å². The van der Waals surface area contributed by atoms with Crippen molar-refractivity contribution in [2.24, 2.45) is 0 Å². The molecule has 2 N–H and O–H groups in total. The summed E-state index contributed by atoms with van der Waals surface area (Å²) < 4.78 is 37.8. The third kappa shape index (κ3) is 6.13. The Morgan fingerprint density at radius 1 is 1.26 bits per heavy atom. The average Bonchev–Trinajstić information content (AvgIpc) is 2.34. The van der Waals surface area contributed by atoms with E-state index in [0.717, 1.165) is 12.7 Å². The van der Waals surface area contributed by atoms with Crippen LogP contribution in [0.5, 0.6) is 0 Å². The molecular weight excluding hydrogens is 267 g/mol. The molecule has 1 rings (SSSR count). The van der Waals surface area contributed by atoms with Crippen LogP contribution in [0.2, 0.25) is 0 Å². The van der Waals surface area contributed by atoms with Crippen LogP contribution in [0.15, 0.2) is 24.3 Å². The third-order valence-corrected chi connectivity index (χ3v) is 3.53. The number of hydrogen-bond donors (Lipinski definition) is 2. The quantitative estimate of drug-likeness (QED) is 0.717. The van der Waals surface area contributed by atoms with Crippen LogP contribution in [-0.4, -0.2) is 27.8 Å². The van der Waals surface area contributed by atoms with Gasteiger partial charge in [0, 0.05) is 18.2 Å². The molecule has 0 saturated heterocycles. The fourth-order valence-electron chi connectivity index (χ4n) is 1.85. The molecule has 1 aromatic carbocycles. The van der Waals surface area contributed by atoms with E-state index in [1.165, 1.54) is 6.07 Å². The number of hydrogen-bond acceptors (Lipinski definition) is 3. The third-order valence-electron chi connectivity index (χ3n) is 2.80. The molecule has 1 aromatic rings. The lowest BCUT2D eigenvalue weighted by molar-refractivity contribution is 0.482. The Balaban J connectivity index is 2.40. The topological polar surface area (TPSA) is 58.2 Å². The second-order valence-electron chi connectivity index (χ2n) is 4.46. The molecule has 0 radical (unpaired) electrons. The molecule has 1 unspecified atom stereocenters. The largest absolute Gasteiger partial charge is 0.310 e. The smallest absolute Gasteiger partial charge is 0.208 e. The first-order valence-electron chi connectivity index (χ1n) is 6.36. The Kier molecular flexibility index (Phi) is 6.41. The minimum Gasteiger partial charge on any atom is -0.310 e. The monoisotopic (exact) mass is 288 g/mol. The number of halogens is 1. The van der Waals surface area contributed by atoms with Crippen LogP contribution in [-0.2, 0) is 10.0 Å². The maximum Gasteiger partial charge on any atom is 0.208 e. The zero-order chi connectivity index (χ0) is 14.3. The molecule has 4 nitrogen and oxygen atoms in total. The molecule has 0 aliphatic heterocycles. The fourth-order valence-corrected chi connectivity index (χ4v) is 2.37. The lowest BCUT2D eigenvalue weighted by atomic mass is 10.0. The summed E-state index contributed by atoms with van der Waals surface area (Å²) in [6.07, 6.45) is 2.58. The molecule has 0 aliphatic rings. The molecule has 0 heterocycles. The van der Waals surface area contributed by atoms with Gasteiger partial charge < -0.3 is 5.32 Å². The van der Waals surface area contributed by atoms with Crippen molar-refractivity contribution in [2.45, 2.75) is 25.8 Å². The van der Waals surface area contributed by atoms with E-state index in [9.17, 15) is 12.8 Å². The van der Waals surface area contributed by atoms with Crippen molar-refractivity contribution >= 4 is 10.0 Å². The van der Waals surface area contributed by atoms with Gasteiger partial charge in [0.05, 0.1) is 6.26 Å². The second-order valence-corrected chi connectivity index (χ2v) is 6.29. The molecule has 0 aliphatic carbocycles. The molecule has 6 heteroatoms. The number of nitrogens with one attached hydrogen (secondary N) is 2. The van der Waals surface area contributed by atoms with Crippen LogP contribution in [0.25, 0.3) is 0 Å². The molecule has 108 valence electrons. The van der Waals surface area contributed by atoms with E-state index in [1.807, 2.05) is 13.0 Å². The Bertz CT molecular complexity index is 491. The van der Waals surface area contributed by atoms with Crippen LogP contribution in [0.3, 0.4) is 0 Å². The van der Waals surface area contributed by atoms with Crippen molar-refractivity contribution < 1.29 is 12.8 Å². The van der Waals surface area contributed by atoms with Gasteiger partial charge >= 0.3 is 0 Å². The van der Waals surface area contributed by atoms with Crippen molar-refractivity contribution in [2.75, 3.05) is 19.3 Å². The normalized spacial score (nSPS) is 13.4. The fraction of sp³-hybridized carbons (Fsp3) is 0.538. The van der Waals surface area contributed by atoms with Gasteiger partial charge in [-0.05, 0) is 25.5 Å². The molecule has 0 bridgehead atoms. The predicted octanol–water partition coefficient (Wildman–Crippen LogP) is 1.81. The van der Waals surface area contributed by atoms with E-state index in [1.54, 1.807) is 12.1 Å². The Morgan fingerprint density at radius 3 is 2.53 bits per heavy atom. The number of benzene rings is 1. The minimum absolute atomic E-state index is 0.0422. The van der Waals surface area contributed by atoms with Crippen molar-refractivity contribution in [3.63, 3.8) is 0 Å². The first-order chi connectivity index (χ1) is 8.94. The summed E-state index contributed by atoms with van der Waals surface area (Å²) in [6.45, 7) is 3.01. The van der Waals surface area contributed by atoms with Gasteiger partial charge in [-0.2, -0.15) is 0 Å². The number of sulfonamides is 1. The van der Waals surface area contributed by atoms with E-state index in [-0.39, 0.29) is 11.9 Å². The van der Waals surface area contributed by atoms with Gasteiger partial charge in [-0.25, -0.2) is 17.5 Å². The van der Waals surface area contributed by atoms with Crippen LogP contribution >= 0.6 is 0 Å². The molecule has 0 aromatic heterocycles. The van der Waals surface area contributed by atoms with Gasteiger partial charge in [-0.1, -0.05) is 25.1 Å². The minimum atomic E-state index is -3.13. The van der Waals surface area contributed by atoms with E-state index in [4.69, 9.17) is 0 Å². The van der Waals surface area contributed by atoms with E-state index in [0.29, 0.717) is 25.1 Å². The van der Waals surface area contributed by atoms with Crippen LogP contribution in [0.4, 0.5) is 4.39 Å². The first kappa shape index (κ1) is 16.1. The summed E-state index contributed by atoms with van der Waals surface area (Å²) in [6, 6.07) is 6.66. The van der Waals surface area contributed by atoms with Gasteiger partial charge in [0.1, 0.15) is 5.82 Å². The average molecular weight is 288 g/mol. The standard InChI is InChI=1S/C13H21FN2O2S/c1-3-13(11-7-4-5-8-12(11)14)15-9-6-10-16-19(2,17)18/h4-5,7-8,13,15-16H,3,6,9-10H2,1-2H3. The first-order valence-corrected chi connectivity index (χ1v) is 8.25. The van der Waals surface area contributed by atoms with Crippen LogP contribution < -0.4 is 10.0 Å². The highest BCUT2D eigenvalue weighted by Crippen LogP contribution is 2.19. The van der Waals surface area contributed by atoms with Crippen LogP contribution in [0, 0.1) is 5.82 Å². The van der Waals surface area contributed by atoms with E-state index < -0.39 is 10.0 Å². The summed E-state index contributed by atoms with van der Waals surface area (Å²) in [4.78, 5) is 0. The van der Waals surface area contributed by atoms with E-state index >= 15 is 0 Å². The highest BCUT2D eigenvalue weighted by atomic mass is 32.2. The van der Waals surface area contributed by atoms with Crippen molar-refractivity contribution in [1.29, 1.82) is 0 Å². The predicted molar refractivity (Wildman–Crippen MR) is 74.9 cm³/mol. The molecule has 0 amide bonds. The Labute approximate surface area is 114 Å². The molecule has 0 spiro atoms. The second kappa shape index (κ2) is 7.57. The van der Waals surface area contributed by atoms with Gasteiger partial charge in [-0.15, -0.1) is 0 Å². The SMILES string of the molecule is CCC(NCCCNS(C)(=O)=O)c1ccccc1F. The van der Waals surface area contributed by atoms with Crippen molar-refractivity contribution in [3.05, 3.63) is 35.6 Å². The highest BCUT2D eigenvalue weighted by Gasteiger charge is 2.12. The van der Waals surface area contributed by atoms with Crippen molar-refractivity contribution in [3.8, 4) is 0 Å². The molecule has 0 fully saturated rings. The maximum absolute atomic E-state index is 13.6. The van der Waals surface area contributed by atoms with Crippen LogP contribution in [0.1, 0.15) is 31.4 Å². The zero-order valence-electron chi connectivity index (χ0n) is 11.3. The Hall–Kier alpha value is -0.980. The lowest BCUT2D eigenvalue weighted by Crippen LogP contribution is -2.28.